The van der Waals surface area contributed by atoms with Crippen molar-refractivity contribution < 1.29 is 4.79 Å². The summed E-state index contributed by atoms with van der Waals surface area (Å²) in [7, 11) is 1.67. The number of amides is 1. The zero-order chi connectivity index (χ0) is 14.0. The summed E-state index contributed by atoms with van der Waals surface area (Å²) in [5, 5.41) is 6.72. The molecule has 1 amide bonds. The van der Waals surface area contributed by atoms with Gasteiger partial charge in [0.05, 0.1) is 12.1 Å². The molecule has 0 unspecified atom stereocenters. The number of nitrogens with zero attached hydrogens (tertiary/aromatic N) is 3. The van der Waals surface area contributed by atoms with E-state index in [2.05, 4.69) is 15.2 Å². The molecule has 0 saturated carbocycles. The summed E-state index contributed by atoms with van der Waals surface area (Å²) < 4.78 is 0. The second-order valence-electron chi connectivity index (χ2n) is 4.34. The smallest absolute Gasteiger partial charge is 0.256 e. The maximum atomic E-state index is 12.2. The van der Waals surface area contributed by atoms with Crippen LogP contribution in [0.5, 0.6) is 0 Å². The van der Waals surface area contributed by atoms with Crippen molar-refractivity contribution in [2.24, 2.45) is 0 Å². The summed E-state index contributed by atoms with van der Waals surface area (Å²) in [6.07, 6.45) is 0. The third-order valence-electron chi connectivity index (χ3n) is 2.67. The van der Waals surface area contributed by atoms with Gasteiger partial charge in [-0.25, -0.2) is 4.98 Å². The number of nitrogens with one attached hydrogen (secondary N) is 1. The number of aryl methyl sites for hydroxylation is 1. The minimum atomic E-state index is -0.194. The summed E-state index contributed by atoms with van der Waals surface area (Å²) in [6, 6.07) is 4.83. The highest BCUT2D eigenvalue weighted by atomic mass is 16.2. The van der Waals surface area contributed by atoms with Gasteiger partial charge in [0.2, 0.25) is 0 Å². The lowest BCUT2D eigenvalue weighted by Gasteiger charge is -2.16. The normalized spacial score (nSPS) is 10.4. The second kappa shape index (κ2) is 4.97. The number of H-pyrrole nitrogens is 1. The summed E-state index contributed by atoms with van der Waals surface area (Å²) in [4.78, 5) is 17.9. The van der Waals surface area contributed by atoms with Crippen LogP contribution in [0.15, 0.2) is 18.2 Å². The molecule has 7 heteroatoms. The zero-order valence-corrected chi connectivity index (χ0v) is 10.8. The van der Waals surface area contributed by atoms with E-state index in [0.717, 1.165) is 0 Å². The number of carbonyl (C=O) groups excluding carboxylic acids is 1. The molecule has 0 aliphatic heterocycles. The van der Waals surface area contributed by atoms with Crippen LogP contribution in [0.4, 0.5) is 11.4 Å². The molecule has 0 fully saturated rings. The molecular formula is C12H16N6O. The number of hydrogen-bond donors (Lipinski definition) is 3. The molecule has 100 valence electrons. The molecule has 0 bridgehead atoms. The Kier molecular flexibility index (Phi) is 3.37. The highest BCUT2D eigenvalue weighted by Gasteiger charge is 2.16. The fourth-order valence-electron chi connectivity index (χ4n) is 1.73. The van der Waals surface area contributed by atoms with E-state index >= 15 is 0 Å². The molecule has 2 rings (SSSR count). The first-order chi connectivity index (χ1) is 8.97. The van der Waals surface area contributed by atoms with E-state index in [-0.39, 0.29) is 5.91 Å². The van der Waals surface area contributed by atoms with E-state index in [0.29, 0.717) is 35.1 Å². The minimum Gasteiger partial charge on any atom is -0.399 e. The molecule has 0 radical (unpaired) electrons. The highest BCUT2D eigenvalue weighted by molar-refractivity contribution is 5.99. The van der Waals surface area contributed by atoms with Crippen molar-refractivity contribution >= 4 is 17.3 Å². The molecule has 2 aromatic rings. The Hall–Kier alpha value is -2.57. The van der Waals surface area contributed by atoms with Gasteiger partial charge < -0.3 is 16.4 Å². The first kappa shape index (κ1) is 12.9. The molecule has 1 heterocycles. The molecule has 1 aromatic carbocycles. The number of carbonyl (C=O) groups is 1. The van der Waals surface area contributed by atoms with Gasteiger partial charge in [-0.1, -0.05) is 0 Å². The van der Waals surface area contributed by atoms with Gasteiger partial charge in [0.25, 0.3) is 5.91 Å². The van der Waals surface area contributed by atoms with Crippen LogP contribution in [0.25, 0.3) is 0 Å². The number of anilines is 2. The number of nitrogens with two attached hydrogens (primary N) is 2. The van der Waals surface area contributed by atoms with E-state index in [1.54, 1.807) is 32.2 Å². The summed E-state index contributed by atoms with van der Waals surface area (Å²) in [6.45, 7) is 2.11. The molecular weight excluding hydrogens is 244 g/mol. The fourth-order valence-corrected chi connectivity index (χ4v) is 1.73. The summed E-state index contributed by atoms with van der Waals surface area (Å²) >= 11 is 0. The number of rotatable bonds is 3. The Labute approximate surface area is 110 Å². The molecule has 19 heavy (non-hydrogen) atoms. The Bertz CT molecular complexity index is 606. The summed E-state index contributed by atoms with van der Waals surface area (Å²) in [5.41, 5.74) is 12.7. The topological polar surface area (TPSA) is 114 Å². The van der Waals surface area contributed by atoms with Crippen LogP contribution in [0.3, 0.4) is 0 Å². The van der Waals surface area contributed by atoms with Crippen molar-refractivity contribution in [2.45, 2.75) is 13.5 Å². The van der Waals surface area contributed by atoms with Gasteiger partial charge in [-0.2, -0.15) is 5.10 Å². The first-order valence-corrected chi connectivity index (χ1v) is 5.75. The van der Waals surface area contributed by atoms with E-state index in [1.165, 1.54) is 4.90 Å². The quantitative estimate of drug-likeness (QED) is 0.697. The van der Waals surface area contributed by atoms with Gasteiger partial charge in [0, 0.05) is 18.4 Å². The highest BCUT2D eigenvalue weighted by Crippen LogP contribution is 2.17. The van der Waals surface area contributed by atoms with Crippen LogP contribution in [0, 0.1) is 6.92 Å². The van der Waals surface area contributed by atoms with Crippen LogP contribution in [-0.4, -0.2) is 33.0 Å². The van der Waals surface area contributed by atoms with Crippen molar-refractivity contribution in [3.8, 4) is 0 Å². The molecule has 0 saturated heterocycles. The molecule has 5 N–H and O–H groups in total. The van der Waals surface area contributed by atoms with Crippen molar-refractivity contribution in [3.63, 3.8) is 0 Å². The molecule has 0 atom stereocenters. The van der Waals surface area contributed by atoms with Gasteiger partial charge in [0.15, 0.2) is 5.82 Å². The first-order valence-electron chi connectivity index (χ1n) is 5.75. The van der Waals surface area contributed by atoms with Gasteiger partial charge in [-0.3, -0.25) is 9.89 Å². The van der Waals surface area contributed by atoms with Gasteiger partial charge in [-0.05, 0) is 25.1 Å². The Morgan fingerprint density at radius 1 is 1.42 bits per heavy atom. The minimum absolute atomic E-state index is 0.194. The van der Waals surface area contributed by atoms with E-state index < -0.39 is 0 Å². The fraction of sp³-hybridized carbons (Fsp3) is 0.250. The molecule has 0 aliphatic carbocycles. The van der Waals surface area contributed by atoms with Gasteiger partial charge >= 0.3 is 0 Å². The van der Waals surface area contributed by atoms with Crippen LogP contribution < -0.4 is 11.5 Å². The van der Waals surface area contributed by atoms with E-state index in [1.807, 2.05) is 0 Å². The average molecular weight is 260 g/mol. The van der Waals surface area contributed by atoms with Crippen molar-refractivity contribution in [1.29, 1.82) is 0 Å². The maximum Gasteiger partial charge on any atom is 0.256 e. The summed E-state index contributed by atoms with van der Waals surface area (Å²) in [5.74, 6) is 1.07. The monoisotopic (exact) mass is 260 g/mol. The lowest BCUT2D eigenvalue weighted by molar-refractivity contribution is 0.0782. The standard InChI is InChI=1S/C12H16N6O/c1-7-15-11(17-16-7)6-18(2)12(19)9-4-3-8(13)5-10(9)14/h3-5H,6,13-14H2,1-2H3,(H,15,16,17). The van der Waals surface area contributed by atoms with Crippen molar-refractivity contribution in [1.82, 2.24) is 20.1 Å². The Morgan fingerprint density at radius 2 is 2.16 bits per heavy atom. The predicted octanol–water partition coefficient (Wildman–Crippen LogP) is 0.550. The third-order valence-corrected chi connectivity index (χ3v) is 2.67. The average Bonchev–Trinajstić information content (AvgIpc) is 2.74. The van der Waals surface area contributed by atoms with Crippen LogP contribution in [-0.2, 0) is 6.54 Å². The van der Waals surface area contributed by atoms with Crippen LogP contribution in [0.1, 0.15) is 22.0 Å². The van der Waals surface area contributed by atoms with Crippen molar-refractivity contribution in [3.05, 3.63) is 35.4 Å². The van der Waals surface area contributed by atoms with Crippen LogP contribution >= 0.6 is 0 Å². The second-order valence-corrected chi connectivity index (χ2v) is 4.34. The number of aromatic amines is 1. The molecule has 1 aromatic heterocycles. The largest absolute Gasteiger partial charge is 0.399 e. The van der Waals surface area contributed by atoms with E-state index in [4.69, 9.17) is 11.5 Å². The Morgan fingerprint density at radius 3 is 2.74 bits per heavy atom. The van der Waals surface area contributed by atoms with Gasteiger partial charge in [-0.15, -0.1) is 0 Å². The SMILES string of the molecule is Cc1nc(CN(C)C(=O)c2ccc(N)cc2N)n[nH]1. The number of benzene rings is 1. The lowest BCUT2D eigenvalue weighted by Crippen LogP contribution is -2.27. The van der Waals surface area contributed by atoms with Crippen molar-refractivity contribution in [2.75, 3.05) is 18.5 Å². The Balaban J connectivity index is 2.14. The van der Waals surface area contributed by atoms with E-state index in [9.17, 15) is 4.79 Å². The maximum absolute atomic E-state index is 12.2. The predicted molar refractivity (Wildman–Crippen MR) is 72.2 cm³/mol. The molecule has 0 aliphatic rings. The zero-order valence-electron chi connectivity index (χ0n) is 10.8. The number of nitrogen functional groups attached to an aromatic ring is 2. The lowest BCUT2D eigenvalue weighted by atomic mass is 10.1. The molecule has 0 spiro atoms. The van der Waals surface area contributed by atoms with Gasteiger partial charge in [0.1, 0.15) is 5.82 Å². The third kappa shape index (κ3) is 2.82. The molecule has 7 nitrogen and oxygen atoms in total. The number of aromatic nitrogens is 3. The number of hydrogen-bond acceptors (Lipinski definition) is 5. The van der Waals surface area contributed by atoms with Crippen LogP contribution in [0.2, 0.25) is 0 Å².